The smallest absolute Gasteiger partial charge is 0.358 e. The lowest BCUT2D eigenvalue weighted by Gasteiger charge is -2.32. The minimum atomic E-state index is -1.05. The van der Waals surface area contributed by atoms with Gasteiger partial charge in [-0.1, -0.05) is 41.1 Å². The van der Waals surface area contributed by atoms with Gasteiger partial charge in [0.1, 0.15) is 5.75 Å². The summed E-state index contributed by atoms with van der Waals surface area (Å²) in [6.45, 7) is 2.75. The second kappa shape index (κ2) is 9.49. The molecule has 3 aromatic rings. The first-order valence-electron chi connectivity index (χ1n) is 10.3. The number of piperidine rings is 1. The van der Waals surface area contributed by atoms with E-state index >= 15 is 0 Å². The number of carboxylic acid groups (broad SMARTS) is 1. The van der Waals surface area contributed by atoms with E-state index in [1.165, 1.54) is 5.56 Å². The Kier molecular flexibility index (Phi) is 6.53. The highest BCUT2D eigenvalue weighted by molar-refractivity contribution is 6.30. The monoisotopic (exact) mass is 440 g/mol. The van der Waals surface area contributed by atoms with Crippen molar-refractivity contribution in [1.29, 1.82) is 0 Å². The van der Waals surface area contributed by atoms with Crippen molar-refractivity contribution in [3.8, 4) is 5.75 Å². The number of aromatic nitrogens is 3. The molecule has 162 valence electrons. The summed E-state index contributed by atoms with van der Waals surface area (Å²) in [6.07, 6.45) is 2.04. The van der Waals surface area contributed by atoms with E-state index in [0.717, 1.165) is 42.3 Å². The van der Waals surface area contributed by atoms with Crippen LogP contribution in [0.5, 0.6) is 5.75 Å². The van der Waals surface area contributed by atoms with E-state index in [9.17, 15) is 9.90 Å². The van der Waals surface area contributed by atoms with E-state index in [0.29, 0.717) is 24.7 Å². The lowest BCUT2D eigenvalue weighted by atomic mass is 9.89. The number of nitrogens with zero attached hydrogens (tertiary/aromatic N) is 4. The van der Waals surface area contributed by atoms with Crippen LogP contribution in [0.4, 0.5) is 0 Å². The van der Waals surface area contributed by atoms with Crippen LogP contribution in [0.2, 0.25) is 5.02 Å². The van der Waals surface area contributed by atoms with Crippen molar-refractivity contribution in [3.05, 3.63) is 76.1 Å². The quantitative estimate of drug-likeness (QED) is 0.596. The number of aromatic carboxylic acids is 1. The lowest BCUT2D eigenvalue weighted by Crippen LogP contribution is -2.33. The second-order valence-electron chi connectivity index (χ2n) is 7.80. The standard InChI is InChI=1S/C23H25ClN4O3/c1-31-20-8-2-16(3-9-20)14-28-21(22(23(29)30)25-26-28)15-27-12-10-18(11-13-27)17-4-6-19(24)7-5-17/h2-9,18H,10-15H2,1H3,(H,29,30). The molecule has 1 fully saturated rings. The third-order valence-corrected chi connectivity index (χ3v) is 6.09. The van der Waals surface area contributed by atoms with Crippen LogP contribution in [0, 0.1) is 0 Å². The zero-order valence-corrected chi connectivity index (χ0v) is 18.1. The molecule has 1 N–H and O–H groups in total. The SMILES string of the molecule is COc1ccc(Cn2nnc(C(=O)O)c2CN2CCC(c3ccc(Cl)cc3)CC2)cc1. The summed E-state index contributed by atoms with van der Waals surface area (Å²) in [5, 5.41) is 18.4. The van der Waals surface area contributed by atoms with Gasteiger partial charge >= 0.3 is 5.97 Å². The fourth-order valence-corrected chi connectivity index (χ4v) is 4.18. The number of carbonyl (C=O) groups is 1. The Morgan fingerprint density at radius 3 is 2.39 bits per heavy atom. The van der Waals surface area contributed by atoms with Gasteiger partial charge in [0, 0.05) is 11.6 Å². The summed E-state index contributed by atoms with van der Waals surface area (Å²) in [4.78, 5) is 14.0. The molecule has 4 rings (SSSR count). The molecule has 31 heavy (non-hydrogen) atoms. The Hall–Kier alpha value is -2.90. The molecular weight excluding hydrogens is 416 g/mol. The van der Waals surface area contributed by atoms with Crippen molar-refractivity contribution >= 4 is 17.6 Å². The van der Waals surface area contributed by atoms with Gasteiger partial charge in [-0.05, 0) is 67.2 Å². The molecule has 1 aliphatic heterocycles. The zero-order chi connectivity index (χ0) is 21.8. The fraction of sp³-hybridized carbons (Fsp3) is 0.348. The molecule has 1 aliphatic rings. The van der Waals surface area contributed by atoms with Crippen LogP contribution in [0.15, 0.2) is 48.5 Å². The number of hydrogen-bond donors (Lipinski definition) is 1. The first-order valence-corrected chi connectivity index (χ1v) is 10.7. The maximum atomic E-state index is 11.7. The highest BCUT2D eigenvalue weighted by Gasteiger charge is 2.25. The summed E-state index contributed by atoms with van der Waals surface area (Å²) in [6, 6.07) is 15.7. The Morgan fingerprint density at radius 1 is 1.10 bits per heavy atom. The van der Waals surface area contributed by atoms with Crippen molar-refractivity contribution < 1.29 is 14.6 Å². The molecule has 0 radical (unpaired) electrons. The number of carboxylic acids is 1. The van der Waals surface area contributed by atoms with Crippen molar-refractivity contribution in [2.75, 3.05) is 20.2 Å². The van der Waals surface area contributed by atoms with Crippen LogP contribution in [0.3, 0.4) is 0 Å². The minimum Gasteiger partial charge on any atom is -0.497 e. The molecule has 7 nitrogen and oxygen atoms in total. The lowest BCUT2D eigenvalue weighted by molar-refractivity contribution is 0.0687. The number of rotatable bonds is 7. The molecule has 0 bridgehead atoms. The normalized spacial score (nSPS) is 15.2. The van der Waals surface area contributed by atoms with E-state index in [1.807, 2.05) is 36.4 Å². The molecule has 0 aliphatic carbocycles. The van der Waals surface area contributed by atoms with Gasteiger partial charge in [0.05, 0.1) is 19.3 Å². The Morgan fingerprint density at radius 2 is 1.77 bits per heavy atom. The van der Waals surface area contributed by atoms with Gasteiger partial charge in [-0.3, -0.25) is 4.90 Å². The Balaban J connectivity index is 1.45. The summed E-state index contributed by atoms with van der Waals surface area (Å²) in [5.41, 5.74) is 2.97. The zero-order valence-electron chi connectivity index (χ0n) is 17.4. The summed E-state index contributed by atoms with van der Waals surface area (Å²) in [5.74, 6) is 0.221. The average Bonchev–Trinajstić information content (AvgIpc) is 3.18. The number of ether oxygens (including phenoxy) is 1. The summed E-state index contributed by atoms with van der Waals surface area (Å²) in [7, 11) is 1.62. The average molecular weight is 441 g/mol. The fourth-order valence-electron chi connectivity index (χ4n) is 4.06. The molecule has 0 saturated carbocycles. The van der Waals surface area contributed by atoms with Crippen molar-refractivity contribution in [2.45, 2.75) is 31.8 Å². The highest BCUT2D eigenvalue weighted by Crippen LogP contribution is 2.29. The van der Waals surface area contributed by atoms with Crippen LogP contribution in [-0.4, -0.2) is 51.2 Å². The van der Waals surface area contributed by atoms with Gasteiger partial charge in [0.15, 0.2) is 5.69 Å². The number of methoxy groups -OCH3 is 1. The molecule has 1 aromatic heterocycles. The van der Waals surface area contributed by atoms with Crippen LogP contribution >= 0.6 is 11.6 Å². The van der Waals surface area contributed by atoms with E-state index in [1.54, 1.807) is 11.8 Å². The third kappa shape index (κ3) is 5.06. The molecule has 2 heterocycles. The summed E-state index contributed by atoms with van der Waals surface area (Å²) < 4.78 is 6.89. The van der Waals surface area contributed by atoms with E-state index < -0.39 is 5.97 Å². The number of halogens is 1. The Bertz CT molecular complexity index is 1030. The van der Waals surface area contributed by atoms with Gasteiger partial charge in [0.2, 0.25) is 0 Å². The molecule has 0 unspecified atom stereocenters. The maximum Gasteiger partial charge on any atom is 0.358 e. The van der Waals surface area contributed by atoms with Crippen LogP contribution < -0.4 is 4.74 Å². The van der Waals surface area contributed by atoms with Crippen LogP contribution in [-0.2, 0) is 13.1 Å². The number of hydrogen-bond acceptors (Lipinski definition) is 5. The van der Waals surface area contributed by atoms with Crippen molar-refractivity contribution in [3.63, 3.8) is 0 Å². The topological polar surface area (TPSA) is 80.5 Å². The number of benzene rings is 2. The highest BCUT2D eigenvalue weighted by atomic mass is 35.5. The van der Waals surface area contributed by atoms with Gasteiger partial charge in [0.25, 0.3) is 0 Å². The molecule has 0 atom stereocenters. The predicted octanol–water partition coefficient (Wildman–Crippen LogP) is 4.07. The Labute approximate surface area is 186 Å². The van der Waals surface area contributed by atoms with Crippen LogP contribution in [0.1, 0.15) is 46.1 Å². The third-order valence-electron chi connectivity index (χ3n) is 5.83. The largest absolute Gasteiger partial charge is 0.497 e. The van der Waals surface area contributed by atoms with Gasteiger partial charge in [-0.15, -0.1) is 5.10 Å². The van der Waals surface area contributed by atoms with E-state index in [2.05, 4.69) is 27.3 Å². The van der Waals surface area contributed by atoms with Gasteiger partial charge in [-0.25, -0.2) is 9.48 Å². The maximum absolute atomic E-state index is 11.7. The molecule has 0 spiro atoms. The minimum absolute atomic E-state index is 0.0216. The van der Waals surface area contributed by atoms with E-state index in [-0.39, 0.29) is 5.69 Å². The van der Waals surface area contributed by atoms with E-state index in [4.69, 9.17) is 16.3 Å². The van der Waals surface area contributed by atoms with Crippen LogP contribution in [0.25, 0.3) is 0 Å². The first-order chi connectivity index (χ1) is 15.0. The van der Waals surface area contributed by atoms with Crippen molar-refractivity contribution in [1.82, 2.24) is 19.9 Å². The second-order valence-corrected chi connectivity index (χ2v) is 8.23. The van der Waals surface area contributed by atoms with Gasteiger partial charge < -0.3 is 9.84 Å². The predicted molar refractivity (Wildman–Crippen MR) is 118 cm³/mol. The summed E-state index contributed by atoms with van der Waals surface area (Å²) >= 11 is 6.00. The molecule has 0 amide bonds. The molecule has 2 aromatic carbocycles. The molecule has 8 heteroatoms. The first kappa shape index (κ1) is 21.3. The molecule has 1 saturated heterocycles. The van der Waals surface area contributed by atoms with Gasteiger partial charge in [-0.2, -0.15) is 0 Å². The van der Waals surface area contributed by atoms with Crippen molar-refractivity contribution in [2.24, 2.45) is 0 Å². The molecular formula is C23H25ClN4O3. The number of likely N-dealkylation sites (tertiary alicyclic amines) is 1.